The highest BCUT2D eigenvalue weighted by Crippen LogP contribution is 2.25. The first-order valence-corrected chi connectivity index (χ1v) is 10.3. The molecule has 0 unspecified atom stereocenters. The molecule has 0 aliphatic heterocycles. The number of pyridine rings is 2. The van der Waals surface area contributed by atoms with Gasteiger partial charge in [-0.3, -0.25) is 14.2 Å². The molecule has 32 heavy (non-hydrogen) atoms. The zero-order chi connectivity index (χ0) is 23.5. The van der Waals surface area contributed by atoms with E-state index in [1.165, 1.54) is 6.07 Å². The van der Waals surface area contributed by atoms with Crippen LogP contribution in [-0.2, 0) is 0 Å². The van der Waals surface area contributed by atoms with Gasteiger partial charge in [0.05, 0.1) is 5.39 Å². The van der Waals surface area contributed by atoms with Gasteiger partial charge >= 0.3 is 0 Å². The Kier molecular flexibility index (Phi) is 6.44. The number of anilines is 1. The molecular formula is C26H28N4O2. The van der Waals surface area contributed by atoms with E-state index < -0.39 is 5.54 Å². The number of hydrogen-bond donors (Lipinski definition) is 2. The quantitative estimate of drug-likeness (QED) is 0.548. The minimum Gasteiger partial charge on any atom is -0.346 e. The maximum absolute atomic E-state index is 13.1. The molecule has 2 aromatic heterocycles. The van der Waals surface area contributed by atoms with Crippen molar-refractivity contribution in [2.24, 2.45) is 0 Å². The van der Waals surface area contributed by atoms with Crippen LogP contribution in [0.25, 0.3) is 16.7 Å². The lowest BCUT2D eigenvalue weighted by Crippen LogP contribution is -2.41. The number of nitrogens with one attached hydrogen (secondary N) is 2. The third kappa shape index (κ3) is 4.86. The number of amides is 1. The van der Waals surface area contributed by atoms with Crippen molar-refractivity contribution in [3.05, 3.63) is 101 Å². The fourth-order valence-corrected chi connectivity index (χ4v) is 3.38. The number of para-hydroxylation sites is 1. The molecule has 0 radical (unpaired) electrons. The van der Waals surface area contributed by atoms with Crippen LogP contribution in [0.1, 0.15) is 36.8 Å². The molecular weight excluding hydrogens is 400 g/mol. The van der Waals surface area contributed by atoms with Gasteiger partial charge in [0.2, 0.25) is 0 Å². The van der Waals surface area contributed by atoms with Crippen LogP contribution in [-0.4, -0.2) is 21.0 Å². The predicted octanol–water partition coefficient (Wildman–Crippen LogP) is 4.89. The molecule has 1 amide bonds. The van der Waals surface area contributed by atoms with Gasteiger partial charge < -0.3 is 10.6 Å². The van der Waals surface area contributed by atoms with Crippen LogP contribution < -0.4 is 16.1 Å². The highest BCUT2D eigenvalue weighted by molar-refractivity contribution is 5.96. The van der Waals surface area contributed by atoms with Gasteiger partial charge in [0.1, 0.15) is 11.5 Å². The Morgan fingerprint density at radius 1 is 1.12 bits per heavy atom. The number of hydrogen-bond acceptors (Lipinski definition) is 4. The van der Waals surface area contributed by atoms with Crippen LogP contribution >= 0.6 is 0 Å². The Morgan fingerprint density at radius 3 is 2.41 bits per heavy atom. The van der Waals surface area contributed by atoms with Gasteiger partial charge in [-0.15, -0.1) is 0 Å². The van der Waals surface area contributed by atoms with Crippen molar-refractivity contribution in [3.8, 4) is 5.69 Å². The molecule has 3 aromatic rings. The number of aryl methyl sites for hydroxylation is 1. The molecule has 2 heterocycles. The van der Waals surface area contributed by atoms with E-state index in [9.17, 15) is 9.59 Å². The number of fused-ring (bicyclic) bond motifs is 1. The van der Waals surface area contributed by atoms with E-state index in [4.69, 9.17) is 0 Å². The molecule has 2 N–H and O–H groups in total. The van der Waals surface area contributed by atoms with Gasteiger partial charge in [-0.2, -0.15) is 0 Å². The number of nitrogens with zero attached hydrogens (tertiary/aromatic N) is 2. The molecule has 0 aliphatic carbocycles. The number of benzene rings is 1. The van der Waals surface area contributed by atoms with E-state index in [0.29, 0.717) is 28.1 Å². The normalized spacial score (nSPS) is 11.8. The lowest BCUT2D eigenvalue weighted by molar-refractivity contribution is 0.0914. The number of aromatic nitrogens is 2. The molecule has 0 atom stereocenters. The standard InChI is InChI=1S/C26H28N4O2/c1-7-12-18(8-2)27-22-16-21(31)23-17(3)15-20(25(32)29-26(4,5)6)28-24(23)30(22)19-13-10-9-11-14-19/h7-16,27H,1-2H2,3-6H3,(H,29,32)/b18-12+. The highest BCUT2D eigenvalue weighted by Gasteiger charge is 2.20. The molecule has 164 valence electrons. The Labute approximate surface area is 188 Å². The average Bonchev–Trinajstić information content (AvgIpc) is 2.72. The van der Waals surface area contributed by atoms with Gasteiger partial charge in [-0.25, -0.2) is 4.98 Å². The summed E-state index contributed by atoms with van der Waals surface area (Å²) in [6, 6.07) is 12.7. The van der Waals surface area contributed by atoms with Crippen LogP contribution in [0.3, 0.4) is 0 Å². The van der Waals surface area contributed by atoms with Crippen LogP contribution in [0.15, 0.2) is 84.3 Å². The minimum absolute atomic E-state index is 0.190. The third-order valence-electron chi connectivity index (χ3n) is 4.69. The van der Waals surface area contributed by atoms with Crippen molar-refractivity contribution in [2.45, 2.75) is 33.2 Å². The Balaban J connectivity index is 2.36. The molecule has 6 heteroatoms. The number of allylic oxidation sites excluding steroid dienone is 3. The molecule has 3 rings (SSSR count). The van der Waals surface area contributed by atoms with E-state index in [1.54, 1.807) is 24.3 Å². The fourth-order valence-electron chi connectivity index (χ4n) is 3.38. The number of carbonyl (C=O) groups is 1. The minimum atomic E-state index is -0.418. The van der Waals surface area contributed by atoms with E-state index >= 15 is 0 Å². The summed E-state index contributed by atoms with van der Waals surface area (Å²) in [4.78, 5) is 30.6. The molecule has 0 aliphatic rings. The van der Waals surface area contributed by atoms with E-state index in [2.05, 4.69) is 28.8 Å². The molecule has 0 spiro atoms. The van der Waals surface area contributed by atoms with E-state index in [-0.39, 0.29) is 17.0 Å². The summed E-state index contributed by atoms with van der Waals surface area (Å²) >= 11 is 0. The van der Waals surface area contributed by atoms with Crippen LogP contribution in [0.2, 0.25) is 0 Å². The third-order valence-corrected chi connectivity index (χ3v) is 4.69. The van der Waals surface area contributed by atoms with Crippen molar-refractivity contribution >= 4 is 22.8 Å². The SMILES string of the molecule is C=C/C=C(\C=C)Nc1cc(=O)c2c(C)cc(C(=O)NC(C)(C)C)nc2n1-c1ccccc1. The summed E-state index contributed by atoms with van der Waals surface area (Å²) < 4.78 is 1.83. The van der Waals surface area contributed by atoms with Crippen molar-refractivity contribution < 1.29 is 4.79 Å². The molecule has 0 bridgehead atoms. The van der Waals surface area contributed by atoms with Gasteiger partial charge in [-0.05, 0) is 63.6 Å². The van der Waals surface area contributed by atoms with E-state index in [0.717, 1.165) is 5.69 Å². The zero-order valence-corrected chi connectivity index (χ0v) is 18.9. The van der Waals surface area contributed by atoms with Gasteiger partial charge in [0.15, 0.2) is 11.1 Å². The summed E-state index contributed by atoms with van der Waals surface area (Å²) in [7, 11) is 0. The second-order valence-electron chi connectivity index (χ2n) is 8.48. The summed E-state index contributed by atoms with van der Waals surface area (Å²) in [5, 5.41) is 6.62. The number of rotatable bonds is 6. The second kappa shape index (κ2) is 9.06. The molecule has 1 aromatic carbocycles. The Bertz CT molecular complexity index is 1280. The monoisotopic (exact) mass is 428 g/mol. The summed E-state index contributed by atoms with van der Waals surface area (Å²) in [5.74, 6) is 0.202. The average molecular weight is 429 g/mol. The molecule has 0 saturated carbocycles. The molecule has 0 fully saturated rings. The highest BCUT2D eigenvalue weighted by atomic mass is 16.2. The lowest BCUT2D eigenvalue weighted by atomic mass is 10.1. The summed E-state index contributed by atoms with van der Waals surface area (Å²) in [5.41, 5.74) is 2.18. The topological polar surface area (TPSA) is 76.0 Å². The van der Waals surface area contributed by atoms with Crippen molar-refractivity contribution in [1.82, 2.24) is 14.9 Å². The smallest absolute Gasteiger partial charge is 0.270 e. The first-order chi connectivity index (χ1) is 15.1. The van der Waals surface area contributed by atoms with Gasteiger partial charge in [-0.1, -0.05) is 37.4 Å². The summed E-state index contributed by atoms with van der Waals surface area (Å²) in [6.45, 7) is 15.1. The second-order valence-corrected chi connectivity index (χ2v) is 8.48. The van der Waals surface area contributed by atoms with E-state index in [1.807, 2.05) is 62.6 Å². The first-order valence-electron chi connectivity index (χ1n) is 10.3. The maximum Gasteiger partial charge on any atom is 0.270 e. The maximum atomic E-state index is 13.1. The Hall–Kier alpha value is -3.93. The predicted molar refractivity (Wildman–Crippen MR) is 131 cm³/mol. The van der Waals surface area contributed by atoms with Gasteiger partial charge in [0, 0.05) is 23.0 Å². The zero-order valence-electron chi connectivity index (χ0n) is 18.9. The summed E-state index contributed by atoms with van der Waals surface area (Å²) in [6.07, 6.45) is 5.02. The Morgan fingerprint density at radius 2 is 1.81 bits per heavy atom. The molecule has 6 nitrogen and oxygen atoms in total. The molecule has 0 saturated heterocycles. The fraction of sp³-hybridized carbons (Fsp3) is 0.192. The van der Waals surface area contributed by atoms with Crippen molar-refractivity contribution in [1.29, 1.82) is 0 Å². The van der Waals surface area contributed by atoms with Crippen molar-refractivity contribution in [3.63, 3.8) is 0 Å². The van der Waals surface area contributed by atoms with Crippen LogP contribution in [0.5, 0.6) is 0 Å². The largest absolute Gasteiger partial charge is 0.346 e. The van der Waals surface area contributed by atoms with Crippen LogP contribution in [0, 0.1) is 6.92 Å². The van der Waals surface area contributed by atoms with Crippen LogP contribution in [0.4, 0.5) is 5.82 Å². The van der Waals surface area contributed by atoms with Gasteiger partial charge in [0.25, 0.3) is 5.91 Å². The lowest BCUT2D eigenvalue weighted by Gasteiger charge is -2.22. The number of carbonyl (C=O) groups excluding carboxylic acids is 1. The first kappa shape index (κ1) is 22.7. The van der Waals surface area contributed by atoms with Crippen molar-refractivity contribution in [2.75, 3.05) is 5.32 Å².